The third-order valence-corrected chi connectivity index (χ3v) is 4.03. The third-order valence-electron chi connectivity index (χ3n) is 3.67. The number of carbonyl (C=O) groups excluding carboxylic acids is 1. The van der Waals surface area contributed by atoms with Crippen molar-refractivity contribution in [1.82, 2.24) is 0 Å². The van der Waals surface area contributed by atoms with Gasteiger partial charge in [-0.25, -0.2) is 0 Å². The Morgan fingerprint density at radius 2 is 1.65 bits per heavy atom. The fraction of sp³-hybridized carbons (Fsp3) is 0.933. The molecule has 0 aliphatic heterocycles. The van der Waals surface area contributed by atoms with Crippen molar-refractivity contribution in [1.29, 1.82) is 0 Å². The summed E-state index contributed by atoms with van der Waals surface area (Å²) in [7, 11) is 0. The number of thiol groups is 1. The molecule has 0 rings (SSSR count). The predicted octanol–water partition coefficient (Wildman–Crippen LogP) is 5.25. The van der Waals surface area contributed by atoms with E-state index in [0.717, 1.165) is 18.8 Å². The average Bonchev–Trinajstić information content (AvgIpc) is 2.32. The van der Waals surface area contributed by atoms with Gasteiger partial charge in [-0.05, 0) is 18.8 Å². The molecule has 0 fully saturated rings. The van der Waals surface area contributed by atoms with E-state index >= 15 is 0 Å². The van der Waals surface area contributed by atoms with Gasteiger partial charge in [0.05, 0.1) is 0 Å². The van der Waals surface area contributed by atoms with E-state index in [1.54, 1.807) is 0 Å². The summed E-state index contributed by atoms with van der Waals surface area (Å²) < 4.78 is 0. The molecule has 0 heterocycles. The SMILES string of the molecule is CCCCCC(CC(CC)CCCC)C(=O)S. The number of hydrogen-bond acceptors (Lipinski definition) is 1. The molecule has 0 saturated carbocycles. The summed E-state index contributed by atoms with van der Waals surface area (Å²) in [5.41, 5.74) is 0. The zero-order valence-electron chi connectivity index (χ0n) is 11.9. The van der Waals surface area contributed by atoms with E-state index in [1.165, 1.54) is 44.9 Å². The molecule has 0 aromatic rings. The van der Waals surface area contributed by atoms with E-state index in [2.05, 4.69) is 33.4 Å². The summed E-state index contributed by atoms with van der Waals surface area (Å²) in [5.74, 6) is 0.921. The summed E-state index contributed by atoms with van der Waals surface area (Å²) in [6.45, 7) is 6.68. The third kappa shape index (κ3) is 8.70. The second-order valence-electron chi connectivity index (χ2n) is 5.18. The molecule has 0 spiro atoms. The van der Waals surface area contributed by atoms with E-state index in [1.807, 2.05) is 0 Å². The standard InChI is InChI=1S/C15H30OS/c1-4-7-9-11-14(15(16)17)12-13(6-3)10-8-5-2/h13-14H,4-12H2,1-3H3,(H,16,17). The molecule has 0 aliphatic rings. The summed E-state index contributed by atoms with van der Waals surface area (Å²) in [6, 6.07) is 0. The lowest BCUT2D eigenvalue weighted by atomic mass is 9.86. The molecule has 2 atom stereocenters. The molecule has 2 heteroatoms. The molecule has 102 valence electrons. The second kappa shape index (κ2) is 11.1. The van der Waals surface area contributed by atoms with Gasteiger partial charge in [-0.3, -0.25) is 4.79 Å². The molecule has 2 unspecified atom stereocenters. The molecule has 0 aliphatic carbocycles. The molecule has 1 nitrogen and oxygen atoms in total. The van der Waals surface area contributed by atoms with Gasteiger partial charge in [0.15, 0.2) is 5.12 Å². The van der Waals surface area contributed by atoms with Crippen LogP contribution >= 0.6 is 12.6 Å². The summed E-state index contributed by atoms with van der Waals surface area (Å²) in [6.07, 6.45) is 10.8. The average molecular weight is 258 g/mol. The molecule has 0 aromatic carbocycles. The van der Waals surface area contributed by atoms with Crippen molar-refractivity contribution in [3.05, 3.63) is 0 Å². The van der Waals surface area contributed by atoms with Crippen molar-refractivity contribution in [2.24, 2.45) is 11.8 Å². The predicted molar refractivity (Wildman–Crippen MR) is 79.5 cm³/mol. The molecular formula is C15H30OS. The van der Waals surface area contributed by atoms with Crippen LogP contribution in [0, 0.1) is 11.8 Å². The highest BCUT2D eigenvalue weighted by molar-refractivity contribution is 7.96. The lowest BCUT2D eigenvalue weighted by Crippen LogP contribution is -2.14. The highest BCUT2D eigenvalue weighted by Gasteiger charge is 2.19. The van der Waals surface area contributed by atoms with Gasteiger partial charge in [0.25, 0.3) is 0 Å². The minimum Gasteiger partial charge on any atom is -0.287 e. The minimum absolute atomic E-state index is 0.107. The smallest absolute Gasteiger partial charge is 0.189 e. The molecule has 0 bridgehead atoms. The highest BCUT2D eigenvalue weighted by Crippen LogP contribution is 2.26. The molecule has 0 radical (unpaired) electrons. The van der Waals surface area contributed by atoms with E-state index in [9.17, 15) is 4.79 Å². The first kappa shape index (κ1) is 17.0. The van der Waals surface area contributed by atoms with Crippen molar-refractivity contribution in [2.45, 2.75) is 78.6 Å². The maximum atomic E-state index is 11.5. The van der Waals surface area contributed by atoms with Crippen LogP contribution in [0.2, 0.25) is 0 Å². The Labute approximate surface area is 113 Å². The number of rotatable bonds is 11. The van der Waals surface area contributed by atoms with Crippen LogP contribution in [0.25, 0.3) is 0 Å². The Morgan fingerprint density at radius 3 is 2.12 bits per heavy atom. The van der Waals surface area contributed by atoms with Crippen LogP contribution in [-0.2, 0) is 4.79 Å². The summed E-state index contributed by atoms with van der Waals surface area (Å²) in [5, 5.41) is 0.107. The summed E-state index contributed by atoms with van der Waals surface area (Å²) in [4.78, 5) is 11.5. The zero-order valence-corrected chi connectivity index (χ0v) is 12.8. The number of carbonyl (C=O) groups is 1. The Morgan fingerprint density at radius 1 is 1.00 bits per heavy atom. The zero-order chi connectivity index (χ0) is 13.1. The first-order chi connectivity index (χ1) is 8.15. The fourth-order valence-electron chi connectivity index (χ4n) is 2.37. The first-order valence-electron chi connectivity index (χ1n) is 7.38. The van der Waals surface area contributed by atoms with E-state index < -0.39 is 0 Å². The molecule has 17 heavy (non-hydrogen) atoms. The Balaban J connectivity index is 4.06. The largest absolute Gasteiger partial charge is 0.287 e. The van der Waals surface area contributed by atoms with Gasteiger partial charge in [0.1, 0.15) is 0 Å². The summed E-state index contributed by atoms with van der Waals surface area (Å²) >= 11 is 4.06. The van der Waals surface area contributed by atoms with Gasteiger partial charge in [-0.15, -0.1) is 12.6 Å². The fourth-order valence-corrected chi connectivity index (χ4v) is 2.60. The van der Waals surface area contributed by atoms with Crippen molar-refractivity contribution in [2.75, 3.05) is 0 Å². The molecule has 0 aromatic heterocycles. The Bertz CT molecular complexity index is 191. The van der Waals surface area contributed by atoms with Gasteiger partial charge in [-0.2, -0.15) is 0 Å². The lowest BCUT2D eigenvalue weighted by molar-refractivity contribution is -0.115. The van der Waals surface area contributed by atoms with Crippen molar-refractivity contribution >= 4 is 17.7 Å². The minimum atomic E-state index is 0.107. The maximum Gasteiger partial charge on any atom is 0.189 e. The topological polar surface area (TPSA) is 17.1 Å². The molecule has 0 N–H and O–H groups in total. The lowest BCUT2D eigenvalue weighted by Gasteiger charge is -2.20. The van der Waals surface area contributed by atoms with Gasteiger partial charge in [0, 0.05) is 5.92 Å². The van der Waals surface area contributed by atoms with Crippen LogP contribution in [0.15, 0.2) is 0 Å². The second-order valence-corrected chi connectivity index (χ2v) is 5.62. The van der Waals surface area contributed by atoms with Crippen molar-refractivity contribution in [3.63, 3.8) is 0 Å². The molecular weight excluding hydrogens is 228 g/mol. The van der Waals surface area contributed by atoms with Gasteiger partial charge < -0.3 is 0 Å². The van der Waals surface area contributed by atoms with Crippen LogP contribution in [0.1, 0.15) is 78.6 Å². The van der Waals surface area contributed by atoms with E-state index in [0.29, 0.717) is 0 Å². The van der Waals surface area contributed by atoms with Crippen molar-refractivity contribution < 1.29 is 4.79 Å². The van der Waals surface area contributed by atoms with Crippen LogP contribution in [0.3, 0.4) is 0 Å². The van der Waals surface area contributed by atoms with E-state index in [4.69, 9.17) is 0 Å². The van der Waals surface area contributed by atoms with Crippen LogP contribution in [-0.4, -0.2) is 5.12 Å². The van der Waals surface area contributed by atoms with E-state index in [-0.39, 0.29) is 11.0 Å². The van der Waals surface area contributed by atoms with Gasteiger partial charge in [0.2, 0.25) is 0 Å². The normalized spacial score (nSPS) is 14.6. The molecule has 0 saturated heterocycles. The van der Waals surface area contributed by atoms with Gasteiger partial charge in [-0.1, -0.05) is 65.7 Å². The monoisotopic (exact) mass is 258 g/mol. The van der Waals surface area contributed by atoms with Crippen LogP contribution in [0.5, 0.6) is 0 Å². The number of unbranched alkanes of at least 4 members (excludes halogenated alkanes) is 3. The van der Waals surface area contributed by atoms with Crippen molar-refractivity contribution in [3.8, 4) is 0 Å². The maximum absolute atomic E-state index is 11.5. The number of hydrogen-bond donors (Lipinski definition) is 1. The quantitative estimate of drug-likeness (QED) is 0.396. The highest BCUT2D eigenvalue weighted by atomic mass is 32.1. The van der Waals surface area contributed by atoms with Crippen LogP contribution in [0.4, 0.5) is 0 Å². The Hall–Kier alpha value is 0.0200. The Kier molecular flexibility index (Phi) is 11.1. The first-order valence-corrected chi connectivity index (χ1v) is 7.83. The van der Waals surface area contributed by atoms with Gasteiger partial charge >= 0.3 is 0 Å². The molecule has 0 amide bonds. The van der Waals surface area contributed by atoms with Crippen LogP contribution < -0.4 is 0 Å².